The van der Waals surface area contributed by atoms with Crippen LogP contribution in [-0.2, 0) is 26.2 Å². The lowest BCUT2D eigenvalue weighted by Gasteiger charge is -2.34. The molecule has 0 unspecified atom stereocenters. The highest BCUT2D eigenvalue weighted by Crippen LogP contribution is 2.32. The molecule has 0 bridgehead atoms. The van der Waals surface area contributed by atoms with Crippen molar-refractivity contribution < 1.29 is 22.7 Å². The molecule has 0 aliphatic heterocycles. The number of hydrogen-bond donors (Lipinski definition) is 1. The van der Waals surface area contributed by atoms with Crippen molar-refractivity contribution in [1.82, 2.24) is 10.2 Å². The number of methoxy groups -OCH3 is 1. The third kappa shape index (κ3) is 7.96. The Morgan fingerprint density at radius 3 is 2.19 bits per heavy atom. The standard InChI is InChI=1S/C31H37Cl2N3O5S/c1-6-22(4)34-31(38)28(7-2)35(19-23-10-8-9-11-26(23)32)30(37)20-36(24-14-17-29(41-5)27(33)18-24)42(39,40)25-15-12-21(3)13-16-25/h8-18,22,28H,6-7,19-20H2,1-5H3,(H,34,38)/t22-,28+/m1/s1. The van der Waals surface area contributed by atoms with Crippen molar-refractivity contribution in [3.05, 3.63) is 87.9 Å². The predicted octanol–water partition coefficient (Wildman–Crippen LogP) is 6.23. The molecule has 0 saturated heterocycles. The van der Waals surface area contributed by atoms with Gasteiger partial charge < -0.3 is 15.0 Å². The Hall–Kier alpha value is -3.27. The van der Waals surface area contributed by atoms with E-state index in [-0.39, 0.29) is 34.1 Å². The molecule has 1 N–H and O–H groups in total. The normalized spacial score (nSPS) is 12.7. The molecule has 3 rings (SSSR count). The highest BCUT2D eigenvalue weighted by Gasteiger charge is 2.34. The molecule has 42 heavy (non-hydrogen) atoms. The number of sulfonamides is 1. The summed E-state index contributed by atoms with van der Waals surface area (Å²) in [5, 5.41) is 3.56. The predicted molar refractivity (Wildman–Crippen MR) is 168 cm³/mol. The van der Waals surface area contributed by atoms with Crippen LogP contribution in [0.1, 0.15) is 44.7 Å². The van der Waals surface area contributed by atoms with Crippen LogP contribution in [0.2, 0.25) is 10.0 Å². The first-order valence-electron chi connectivity index (χ1n) is 13.7. The van der Waals surface area contributed by atoms with Crippen molar-refractivity contribution in [3.8, 4) is 5.75 Å². The van der Waals surface area contributed by atoms with Crippen LogP contribution >= 0.6 is 23.2 Å². The lowest BCUT2D eigenvalue weighted by molar-refractivity contribution is -0.140. The zero-order chi connectivity index (χ0) is 31.0. The fraction of sp³-hybridized carbons (Fsp3) is 0.355. The van der Waals surface area contributed by atoms with Gasteiger partial charge in [-0.05, 0) is 68.7 Å². The van der Waals surface area contributed by atoms with Gasteiger partial charge in [0.15, 0.2) is 0 Å². The zero-order valence-corrected chi connectivity index (χ0v) is 26.8. The van der Waals surface area contributed by atoms with Crippen molar-refractivity contribution in [2.45, 2.75) is 64.1 Å². The van der Waals surface area contributed by atoms with E-state index in [4.69, 9.17) is 27.9 Å². The highest BCUT2D eigenvalue weighted by atomic mass is 35.5. The number of rotatable bonds is 13. The second kappa shape index (κ2) is 14.8. The molecule has 3 aromatic rings. The van der Waals surface area contributed by atoms with Gasteiger partial charge in [-0.2, -0.15) is 0 Å². The van der Waals surface area contributed by atoms with Crippen LogP contribution in [0.3, 0.4) is 0 Å². The highest BCUT2D eigenvalue weighted by molar-refractivity contribution is 7.92. The smallest absolute Gasteiger partial charge is 0.264 e. The van der Waals surface area contributed by atoms with E-state index in [1.807, 2.05) is 20.8 Å². The molecule has 0 aliphatic carbocycles. The number of ether oxygens (including phenoxy) is 1. The lowest BCUT2D eigenvalue weighted by atomic mass is 10.1. The first kappa shape index (κ1) is 33.2. The monoisotopic (exact) mass is 633 g/mol. The first-order valence-corrected chi connectivity index (χ1v) is 15.9. The summed E-state index contributed by atoms with van der Waals surface area (Å²) in [6.45, 7) is 6.91. The van der Waals surface area contributed by atoms with Crippen LogP contribution in [0.15, 0.2) is 71.6 Å². The largest absolute Gasteiger partial charge is 0.495 e. The average Bonchev–Trinajstić information content (AvgIpc) is 2.96. The fourth-order valence-corrected chi connectivity index (χ4v) is 6.20. The fourth-order valence-electron chi connectivity index (χ4n) is 4.35. The second-order valence-corrected chi connectivity index (χ2v) is 12.7. The van der Waals surface area contributed by atoms with E-state index >= 15 is 0 Å². The molecule has 0 radical (unpaired) electrons. The molecular weight excluding hydrogens is 597 g/mol. The number of aryl methyl sites for hydroxylation is 1. The minimum Gasteiger partial charge on any atom is -0.495 e. The molecule has 3 aromatic carbocycles. The van der Waals surface area contributed by atoms with E-state index in [0.29, 0.717) is 29.2 Å². The molecule has 0 aliphatic rings. The van der Waals surface area contributed by atoms with Crippen LogP contribution in [0.25, 0.3) is 0 Å². The van der Waals surface area contributed by atoms with E-state index in [1.165, 1.54) is 42.3 Å². The number of benzene rings is 3. The number of nitrogens with one attached hydrogen (secondary N) is 1. The maximum Gasteiger partial charge on any atom is 0.264 e. The van der Waals surface area contributed by atoms with Crippen LogP contribution in [0.5, 0.6) is 5.75 Å². The summed E-state index contributed by atoms with van der Waals surface area (Å²) in [4.78, 5) is 29.0. The average molecular weight is 635 g/mol. The van der Waals surface area contributed by atoms with Gasteiger partial charge in [0.05, 0.1) is 22.7 Å². The van der Waals surface area contributed by atoms with Crippen molar-refractivity contribution in [1.29, 1.82) is 0 Å². The maximum absolute atomic E-state index is 14.2. The van der Waals surface area contributed by atoms with Crippen molar-refractivity contribution in [3.63, 3.8) is 0 Å². The van der Waals surface area contributed by atoms with E-state index in [0.717, 1.165) is 9.87 Å². The number of carbonyl (C=O) groups excluding carboxylic acids is 2. The maximum atomic E-state index is 14.2. The van der Waals surface area contributed by atoms with E-state index in [1.54, 1.807) is 43.3 Å². The van der Waals surface area contributed by atoms with Gasteiger partial charge >= 0.3 is 0 Å². The van der Waals surface area contributed by atoms with Gasteiger partial charge in [0, 0.05) is 17.6 Å². The van der Waals surface area contributed by atoms with Crippen molar-refractivity contribution in [2.75, 3.05) is 18.0 Å². The number of hydrogen-bond acceptors (Lipinski definition) is 5. The van der Waals surface area contributed by atoms with Gasteiger partial charge in [0.2, 0.25) is 11.8 Å². The van der Waals surface area contributed by atoms with E-state index in [2.05, 4.69) is 5.32 Å². The third-order valence-corrected chi connectivity index (χ3v) is 9.45. The van der Waals surface area contributed by atoms with Crippen molar-refractivity contribution >= 4 is 50.7 Å². The van der Waals surface area contributed by atoms with E-state index < -0.39 is 28.5 Å². The Labute approximate surface area is 258 Å². The molecule has 0 heterocycles. The Kier molecular flexibility index (Phi) is 11.7. The van der Waals surface area contributed by atoms with Gasteiger partial charge in [-0.1, -0.05) is 72.9 Å². The van der Waals surface area contributed by atoms with Crippen LogP contribution in [0, 0.1) is 6.92 Å². The molecule has 0 saturated carbocycles. The molecule has 0 aromatic heterocycles. The summed E-state index contributed by atoms with van der Waals surface area (Å²) in [5.41, 5.74) is 1.68. The molecule has 11 heteroatoms. The summed E-state index contributed by atoms with van der Waals surface area (Å²) in [6.07, 6.45) is 1.01. The van der Waals surface area contributed by atoms with Gasteiger partial charge in [0.1, 0.15) is 18.3 Å². The second-order valence-electron chi connectivity index (χ2n) is 10.00. The number of amides is 2. The topological polar surface area (TPSA) is 96.0 Å². The lowest BCUT2D eigenvalue weighted by Crippen LogP contribution is -2.53. The molecule has 0 fully saturated rings. The summed E-state index contributed by atoms with van der Waals surface area (Å²) in [5.74, 6) is -0.552. The van der Waals surface area contributed by atoms with Crippen molar-refractivity contribution in [2.24, 2.45) is 0 Å². The Morgan fingerprint density at radius 1 is 0.952 bits per heavy atom. The first-order chi connectivity index (χ1) is 19.9. The molecule has 226 valence electrons. The Bertz CT molecular complexity index is 1500. The van der Waals surface area contributed by atoms with Gasteiger partial charge in [-0.25, -0.2) is 8.42 Å². The van der Waals surface area contributed by atoms with Gasteiger partial charge in [0.25, 0.3) is 10.0 Å². The number of anilines is 1. The zero-order valence-electron chi connectivity index (χ0n) is 24.4. The van der Waals surface area contributed by atoms with Crippen LogP contribution < -0.4 is 14.4 Å². The van der Waals surface area contributed by atoms with Gasteiger partial charge in [-0.3, -0.25) is 13.9 Å². The summed E-state index contributed by atoms with van der Waals surface area (Å²) in [6, 6.07) is 16.9. The Balaban J connectivity index is 2.11. The number of nitrogens with zero attached hydrogens (tertiary/aromatic N) is 2. The molecule has 0 spiro atoms. The van der Waals surface area contributed by atoms with Gasteiger partial charge in [-0.15, -0.1) is 0 Å². The number of carbonyl (C=O) groups is 2. The minimum atomic E-state index is -4.23. The van der Waals surface area contributed by atoms with Crippen LogP contribution in [-0.4, -0.2) is 50.9 Å². The molecule has 8 nitrogen and oxygen atoms in total. The van der Waals surface area contributed by atoms with E-state index in [9.17, 15) is 18.0 Å². The quantitative estimate of drug-likeness (QED) is 0.241. The number of halogens is 2. The minimum absolute atomic E-state index is 0.00653. The molecule has 2 amide bonds. The molecular formula is C31H37Cl2N3O5S. The molecule has 2 atom stereocenters. The van der Waals surface area contributed by atoms with Crippen LogP contribution in [0.4, 0.5) is 5.69 Å². The summed E-state index contributed by atoms with van der Waals surface area (Å²) >= 11 is 12.8. The summed E-state index contributed by atoms with van der Waals surface area (Å²) in [7, 11) is -2.78. The SMILES string of the molecule is CC[C@@H](C)NC(=O)[C@H](CC)N(Cc1ccccc1Cl)C(=O)CN(c1ccc(OC)c(Cl)c1)S(=O)(=O)c1ccc(C)cc1. The Morgan fingerprint density at radius 2 is 1.62 bits per heavy atom. The third-order valence-electron chi connectivity index (χ3n) is 7.00. The summed E-state index contributed by atoms with van der Waals surface area (Å²) < 4.78 is 34.3.